The van der Waals surface area contributed by atoms with Gasteiger partial charge in [0, 0.05) is 6.08 Å². The molecule has 3 unspecified atom stereocenters. The fourth-order valence-electron chi connectivity index (χ4n) is 5.04. The van der Waals surface area contributed by atoms with Gasteiger partial charge in [0.2, 0.25) is 0 Å². The third-order valence-electron chi connectivity index (χ3n) is 7.97. The number of ether oxygens (including phenoxy) is 1. The number of rotatable bonds is 23. The van der Waals surface area contributed by atoms with Gasteiger partial charge in [-0.3, -0.25) is 0 Å². The fourth-order valence-corrected chi connectivity index (χ4v) is 5.04. The molecule has 0 aromatic carbocycles. The van der Waals surface area contributed by atoms with Crippen molar-refractivity contribution in [3.63, 3.8) is 0 Å². The van der Waals surface area contributed by atoms with Gasteiger partial charge in [-0.25, -0.2) is 4.79 Å². The maximum Gasteiger partial charge on any atom is 0.330 e. The summed E-state index contributed by atoms with van der Waals surface area (Å²) < 4.78 is 4.93. The zero-order valence-corrected chi connectivity index (χ0v) is 30.3. The summed E-state index contributed by atoms with van der Waals surface area (Å²) in [6, 6.07) is 0. The van der Waals surface area contributed by atoms with Crippen molar-refractivity contribution in [2.75, 3.05) is 6.61 Å². The molecule has 0 amide bonds. The van der Waals surface area contributed by atoms with Crippen LogP contribution in [0, 0.1) is 23.7 Å². The molecular formula is C42H68O2. The van der Waals surface area contributed by atoms with Crippen LogP contribution in [0.4, 0.5) is 0 Å². The van der Waals surface area contributed by atoms with Crippen LogP contribution >= 0.6 is 0 Å². The molecule has 0 heterocycles. The molecule has 0 bridgehead atoms. The Kier molecular flexibility index (Phi) is 25.2. The third kappa shape index (κ3) is 27.0. The smallest absolute Gasteiger partial charge is 0.330 e. The van der Waals surface area contributed by atoms with E-state index in [1.54, 1.807) is 6.92 Å². The summed E-state index contributed by atoms with van der Waals surface area (Å²) in [5.41, 5.74) is 4.48. The van der Waals surface area contributed by atoms with Crippen LogP contribution in [0.1, 0.15) is 133 Å². The summed E-state index contributed by atoms with van der Waals surface area (Å²) in [7, 11) is 0. The Hall–Kier alpha value is -2.61. The second-order valence-electron chi connectivity index (χ2n) is 13.6. The van der Waals surface area contributed by atoms with Gasteiger partial charge in [0.1, 0.15) is 0 Å². The molecule has 2 heteroatoms. The van der Waals surface area contributed by atoms with Crippen molar-refractivity contribution in [1.82, 2.24) is 0 Å². The molecule has 0 aromatic rings. The van der Waals surface area contributed by atoms with Gasteiger partial charge in [0.15, 0.2) is 0 Å². The zero-order chi connectivity index (χ0) is 33.2. The van der Waals surface area contributed by atoms with Crippen molar-refractivity contribution in [3.05, 3.63) is 95.2 Å². The molecule has 0 radical (unpaired) electrons. The number of hydrogen-bond acceptors (Lipinski definition) is 2. The topological polar surface area (TPSA) is 26.3 Å². The Morgan fingerprint density at radius 1 is 0.568 bits per heavy atom. The van der Waals surface area contributed by atoms with Gasteiger partial charge < -0.3 is 4.74 Å². The Labute approximate surface area is 273 Å². The van der Waals surface area contributed by atoms with Crippen molar-refractivity contribution in [1.29, 1.82) is 0 Å². The van der Waals surface area contributed by atoms with Crippen molar-refractivity contribution in [2.45, 2.75) is 133 Å². The summed E-state index contributed by atoms with van der Waals surface area (Å²) in [5.74, 6) is 3.06. The second-order valence-corrected chi connectivity index (χ2v) is 13.6. The van der Waals surface area contributed by atoms with E-state index in [-0.39, 0.29) is 5.97 Å². The van der Waals surface area contributed by atoms with Gasteiger partial charge in [-0.2, -0.15) is 0 Å². The molecule has 44 heavy (non-hydrogen) atoms. The van der Waals surface area contributed by atoms with E-state index >= 15 is 0 Å². The van der Waals surface area contributed by atoms with Crippen LogP contribution in [0.5, 0.6) is 0 Å². The van der Waals surface area contributed by atoms with Gasteiger partial charge in [-0.05, 0) is 70.3 Å². The average Bonchev–Trinajstić information content (AvgIpc) is 2.93. The highest BCUT2D eigenvalue weighted by Gasteiger charge is 2.07. The number of esters is 1. The zero-order valence-electron chi connectivity index (χ0n) is 30.3. The van der Waals surface area contributed by atoms with Gasteiger partial charge in [-0.1, -0.05) is 176 Å². The molecular weight excluding hydrogens is 536 g/mol. The van der Waals surface area contributed by atoms with E-state index in [2.05, 4.69) is 104 Å². The quantitative estimate of drug-likeness (QED) is 0.0659. The molecule has 0 aliphatic rings. The second kappa shape index (κ2) is 26.8. The van der Waals surface area contributed by atoms with E-state index in [0.29, 0.717) is 6.61 Å². The molecule has 0 aliphatic carbocycles. The molecule has 0 fully saturated rings. The predicted octanol–water partition coefficient (Wildman–Crippen LogP) is 13.0. The van der Waals surface area contributed by atoms with E-state index < -0.39 is 0 Å². The van der Waals surface area contributed by atoms with E-state index in [0.717, 1.165) is 41.2 Å². The van der Waals surface area contributed by atoms with Crippen LogP contribution in [0.25, 0.3) is 0 Å². The highest BCUT2D eigenvalue weighted by Crippen LogP contribution is 2.23. The molecule has 0 N–H and O–H groups in total. The van der Waals surface area contributed by atoms with Crippen LogP contribution in [-0.2, 0) is 9.53 Å². The summed E-state index contributed by atoms with van der Waals surface area (Å²) in [4.78, 5) is 11.5. The molecule has 248 valence electrons. The lowest BCUT2D eigenvalue weighted by atomic mass is 9.90. The number of allylic oxidation sites excluding steroid dienone is 15. The van der Waals surface area contributed by atoms with E-state index in [1.807, 2.05) is 25.2 Å². The van der Waals surface area contributed by atoms with Gasteiger partial charge in [-0.15, -0.1) is 0 Å². The number of carbonyl (C=O) groups is 1. The molecule has 0 saturated heterocycles. The predicted molar refractivity (Wildman–Crippen MR) is 197 cm³/mol. The van der Waals surface area contributed by atoms with Gasteiger partial charge >= 0.3 is 5.97 Å². The minimum absolute atomic E-state index is 0.302. The molecule has 2 nitrogen and oxygen atoms in total. The molecule has 0 saturated carbocycles. The molecule has 0 aliphatic heterocycles. The molecule has 0 rings (SSSR count). The van der Waals surface area contributed by atoms with Crippen LogP contribution in [-0.4, -0.2) is 12.6 Å². The standard InChI is InChI=1S/C42H68O2/c1-11-44-42(43)33-41(10)32-18-31-40(9)30-17-29-39(8)28-16-27-38(7)26-15-25-37(6)24-14-23-36(5)22-13-21-35(4)20-12-19-34(2)3/h15-18,26-37H,11-14,19-25H2,1-10H3. The summed E-state index contributed by atoms with van der Waals surface area (Å²) >= 11 is 0. The van der Waals surface area contributed by atoms with Gasteiger partial charge in [0.25, 0.3) is 0 Å². The minimum Gasteiger partial charge on any atom is -0.463 e. The Bertz CT molecular complexity index is 1010. The summed E-state index contributed by atoms with van der Waals surface area (Å²) in [5, 5.41) is 0. The number of hydrogen-bond donors (Lipinski definition) is 0. The molecule has 0 aromatic heterocycles. The highest BCUT2D eigenvalue weighted by atomic mass is 16.5. The lowest BCUT2D eigenvalue weighted by Gasteiger charge is -2.16. The lowest BCUT2D eigenvalue weighted by Crippen LogP contribution is -2.01. The fraction of sp³-hybridized carbons (Fsp3) is 0.595. The third-order valence-corrected chi connectivity index (χ3v) is 7.97. The first-order valence-corrected chi connectivity index (χ1v) is 17.5. The van der Waals surface area contributed by atoms with Crippen LogP contribution in [0.15, 0.2) is 95.2 Å². The van der Waals surface area contributed by atoms with Crippen molar-refractivity contribution in [2.24, 2.45) is 23.7 Å². The Morgan fingerprint density at radius 3 is 1.43 bits per heavy atom. The largest absolute Gasteiger partial charge is 0.463 e. The Morgan fingerprint density at radius 2 is 0.977 bits per heavy atom. The van der Waals surface area contributed by atoms with Crippen molar-refractivity contribution in [3.8, 4) is 0 Å². The van der Waals surface area contributed by atoms with Crippen molar-refractivity contribution < 1.29 is 9.53 Å². The van der Waals surface area contributed by atoms with Crippen molar-refractivity contribution >= 4 is 5.97 Å². The normalized spacial score (nSPS) is 16.2. The maximum atomic E-state index is 11.5. The van der Waals surface area contributed by atoms with Crippen LogP contribution < -0.4 is 0 Å². The molecule has 0 spiro atoms. The monoisotopic (exact) mass is 605 g/mol. The van der Waals surface area contributed by atoms with Crippen LogP contribution in [0.3, 0.4) is 0 Å². The first-order chi connectivity index (χ1) is 20.9. The Balaban J connectivity index is 4.33. The van der Waals surface area contributed by atoms with E-state index in [4.69, 9.17) is 4.74 Å². The average molecular weight is 605 g/mol. The van der Waals surface area contributed by atoms with Gasteiger partial charge in [0.05, 0.1) is 6.61 Å². The SMILES string of the molecule is CCOC(=O)C=C(C)C=CC=C(C)C=CC=C(C)C=CC=C(C)C=CCC(C)CCCC(C)CCCC(C)CCCC(C)C. The maximum absolute atomic E-state index is 11.5. The molecule has 3 atom stereocenters. The van der Waals surface area contributed by atoms with Crippen LogP contribution in [0.2, 0.25) is 0 Å². The number of carbonyl (C=O) groups excluding carboxylic acids is 1. The lowest BCUT2D eigenvalue weighted by molar-refractivity contribution is -0.137. The highest BCUT2D eigenvalue weighted by molar-refractivity contribution is 5.83. The first-order valence-electron chi connectivity index (χ1n) is 17.5. The van der Waals surface area contributed by atoms with E-state index in [9.17, 15) is 4.79 Å². The van der Waals surface area contributed by atoms with E-state index in [1.165, 1.54) is 75.0 Å². The summed E-state index contributed by atoms with van der Waals surface area (Å²) in [6.45, 7) is 22.4. The first kappa shape index (κ1) is 41.4. The minimum atomic E-state index is -0.302. The summed E-state index contributed by atoms with van der Waals surface area (Å²) in [6.07, 6.45) is 38.3.